The highest BCUT2D eigenvalue weighted by Crippen LogP contribution is 2.29. The molecule has 2 aliphatic rings. The first-order chi connectivity index (χ1) is 15.8. The topological polar surface area (TPSA) is 60.9 Å². The summed E-state index contributed by atoms with van der Waals surface area (Å²) in [5.41, 5.74) is 4.67. The van der Waals surface area contributed by atoms with E-state index in [9.17, 15) is 13.2 Å². The molecule has 0 radical (unpaired) electrons. The lowest BCUT2D eigenvalue weighted by molar-refractivity contribution is -0.137. The summed E-state index contributed by atoms with van der Waals surface area (Å²) in [6, 6.07) is 13.8. The highest BCUT2D eigenvalue weighted by Gasteiger charge is 2.34. The minimum absolute atomic E-state index is 0.127. The molecule has 0 saturated carbocycles. The molecule has 1 fully saturated rings. The van der Waals surface area contributed by atoms with E-state index in [1.807, 2.05) is 38.1 Å². The highest BCUT2D eigenvalue weighted by atomic mass is 32.2. The summed E-state index contributed by atoms with van der Waals surface area (Å²) in [6.07, 6.45) is 4.23. The maximum absolute atomic E-state index is 13.2. The van der Waals surface area contributed by atoms with E-state index in [1.54, 1.807) is 10.4 Å². The van der Waals surface area contributed by atoms with Crippen LogP contribution in [0.3, 0.4) is 0 Å². The van der Waals surface area contributed by atoms with Gasteiger partial charge in [-0.15, -0.1) is 0 Å². The first-order valence-corrected chi connectivity index (χ1v) is 13.4. The van der Waals surface area contributed by atoms with Crippen molar-refractivity contribution in [3.05, 3.63) is 59.2 Å². The fourth-order valence-electron chi connectivity index (χ4n) is 4.92. The zero-order valence-corrected chi connectivity index (χ0v) is 20.8. The number of sulfonamides is 1. The Morgan fingerprint density at radius 2 is 1.67 bits per heavy atom. The van der Waals surface area contributed by atoms with Crippen LogP contribution >= 0.6 is 0 Å². The predicted octanol–water partition coefficient (Wildman–Crippen LogP) is 3.69. The van der Waals surface area contributed by atoms with Crippen molar-refractivity contribution < 1.29 is 13.2 Å². The number of fused-ring (bicyclic) bond motifs is 1. The molecule has 7 heteroatoms. The molecule has 0 N–H and O–H groups in total. The molecule has 0 bridgehead atoms. The molecular formula is C26H35N3O3S. The molecule has 2 aromatic rings. The molecule has 1 amide bonds. The molecule has 1 heterocycles. The largest absolute Gasteiger partial charge is 0.378 e. The Morgan fingerprint density at radius 3 is 2.30 bits per heavy atom. The summed E-state index contributed by atoms with van der Waals surface area (Å²) >= 11 is 0. The molecule has 1 aliphatic heterocycles. The average Bonchev–Trinajstić information content (AvgIpc) is 3.30. The monoisotopic (exact) mass is 469 g/mol. The van der Waals surface area contributed by atoms with Crippen LogP contribution in [0, 0.1) is 5.92 Å². The van der Waals surface area contributed by atoms with Gasteiger partial charge in [-0.1, -0.05) is 18.2 Å². The van der Waals surface area contributed by atoms with E-state index in [-0.39, 0.29) is 11.8 Å². The van der Waals surface area contributed by atoms with Crippen molar-refractivity contribution in [3.63, 3.8) is 0 Å². The maximum atomic E-state index is 13.2. The summed E-state index contributed by atoms with van der Waals surface area (Å²) < 4.78 is 28.0. The first kappa shape index (κ1) is 23.8. The molecule has 0 aromatic heterocycles. The minimum atomic E-state index is -3.51. The quantitative estimate of drug-likeness (QED) is 0.621. The second-order valence-electron chi connectivity index (χ2n) is 9.38. The minimum Gasteiger partial charge on any atom is -0.378 e. The zero-order valence-electron chi connectivity index (χ0n) is 20.0. The van der Waals surface area contributed by atoms with Crippen molar-refractivity contribution in [2.24, 2.45) is 5.92 Å². The van der Waals surface area contributed by atoms with Crippen LogP contribution in [-0.2, 0) is 34.2 Å². The van der Waals surface area contributed by atoms with Crippen molar-refractivity contribution in [1.82, 2.24) is 9.21 Å². The fraction of sp³-hybridized carbons (Fsp3) is 0.500. The molecule has 4 rings (SSSR count). The number of benzene rings is 2. The van der Waals surface area contributed by atoms with E-state index >= 15 is 0 Å². The average molecular weight is 470 g/mol. The highest BCUT2D eigenvalue weighted by molar-refractivity contribution is 7.89. The van der Waals surface area contributed by atoms with Gasteiger partial charge in [0.05, 0.1) is 4.90 Å². The molecule has 0 atom stereocenters. The Bertz CT molecular complexity index is 1090. The summed E-state index contributed by atoms with van der Waals surface area (Å²) in [7, 11) is 0.502. The SMILES string of the molecule is CCN(Cc1ccc(N(C)C)cc1)C(=O)C1CCN(S(=O)(=O)c2ccc3c(c2)CCC3)CC1. The van der Waals surface area contributed by atoms with E-state index in [0.717, 1.165) is 30.5 Å². The van der Waals surface area contributed by atoms with Crippen LogP contribution in [0.15, 0.2) is 47.4 Å². The molecule has 1 aliphatic carbocycles. The van der Waals surface area contributed by atoms with Gasteiger partial charge < -0.3 is 9.80 Å². The second-order valence-corrected chi connectivity index (χ2v) is 11.3. The standard InChI is InChI=1S/C26H35N3O3S/c1-4-28(19-20-8-11-24(12-9-20)27(2)3)26(30)22-14-16-29(17-15-22)33(31,32)25-13-10-21-6-5-7-23(21)18-25/h8-13,18,22H,4-7,14-17,19H2,1-3H3. The van der Waals surface area contributed by atoms with Crippen LogP contribution in [0.2, 0.25) is 0 Å². The summed E-state index contributed by atoms with van der Waals surface area (Å²) in [4.78, 5) is 17.5. The van der Waals surface area contributed by atoms with Gasteiger partial charge in [-0.3, -0.25) is 4.79 Å². The van der Waals surface area contributed by atoms with Crippen molar-refractivity contribution in [2.75, 3.05) is 38.6 Å². The van der Waals surface area contributed by atoms with Crippen molar-refractivity contribution in [2.45, 2.75) is 50.5 Å². The number of aryl methyl sites for hydroxylation is 2. The van der Waals surface area contributed by atoms with Gasteiger partial charge in [0, 0.05) is 51.9 Å². The van der Waals surface area contributed by atoms with Gasteiger partial charge in [0.15, 0.2) is 0 Å². The van der Waals surface area contributed by atoms with Gasteiger partial charge in [0.2, 0.25) is 15.9 Å². The lowest BCUT2D eigenvalue weighted by Crippen LogP contribution is -2.44. The maximum Gasteiger partial charge on any atom is 0.243 e. The third-order valence-electron chi connectivity index (χ3n) is 7.03. The number of nitrogens with zero attached hydrogens (tertiary/aromatic N) is 3. The molecule has 33 heavy (non-hydrogen) atoms. The number of amides is 1. The first-order valence-electron chi connectivity index (χ1n) is 12.0. The summed E-state index contributed by atoms with van der Waals surface area (Å²) in [5, 5.41) is 0. The molecular weight excluding hydrogens is 434 g/mol. The number of hydrogen-bond donors (Lipinski definition) is 0. The zero-order chi connectivity index (χ0) is 23.6. The van der Waals surface area contributed by atoms with Gasteiger partial charge in [-0.2, -0.15) is 4.31 Å². The fourth-order valence-corrected chi connectivity index (χ4v) is 6.45. The van der Waals surface area contributed by atoms with Gasteiger partial charge in [0.25, 0.3) is 0 Å². The number of hydrogen-bond acceptors (Lipinski definition) is 4. The molecule has 1 saturated heterocycles. The van der Waals surface area contributed by atoms with Crippen LogP contribution < -0.4 is 4.90 Å². The third kappa shape index (κ3) is 5.09. The van der Waals surface area contributed by atoms with E-state index < -0.39 is 10.0 Å². The molecule has 2 aromatic carbocycles. The Morgan fingerprint density at radius 1 is 1.00 bits per heavy atom. The normalized spacial score (nSPS) is 17.1. The molecule has 0 unspecified atom stereocenters. The van der Waals surface area contributed by atoms with Gasteiger partial charge >= 0.3 is 0 Å². The lowest BCUT2D eigenvalue weighted by atomic mass is 9.96. The van der Waals surface area contributed by atoms with E-state index in [2.05, 4.69) is 29.2 Å². The van der Waals surface area contributed by atoms with Crippen molar-refractivity contribution in [3.8, 4) is 0 Å². The van der Waals surface area contributed by atoms with E-state index in [4.69, 9.17) is 0 Å². The number of carbonyl (C=O) groups excluding carboxylic acids is 1. The Hall–Kier alpha value is -2.38. The predicted molar refractivity (Wildman–Crippen MR) is 132 cm³/mol. The molecule has 6 nitrogen and oxygen atoms in total. The van der Waals surface area contributed by atoms with E-state index in [0.29, 0.717) is 43.9 Å². The van der Waals surface area contributed by atoms with E-state index in [1.165, 1.54) is 11.1 Å². The smallest absolute Gasteiger partial charge is 0.243 e. The Labute approximate surface area is 198 Å². The van der Waals surface area contributed by atoms with Crippen LogP contribution in [0.25, 0.3) is 0 Å². The summed E-state index contributed by atoms with van der Waals surface area (Å²) in [6.45, 7) is 4.01. The number of carbonyl (C=O) groups is 1. The van der Waals surface area contributed by atoms with Crippen LogP contribution in [0.5, 0.6) is 0 Å². The van der Waals surface area contributed by atoms with Gasteiger partial charge in [-0.05, 0) is 80.0 Å². The molecule has 0 spiro atoms. The van der Waals surface area contributed by atoms with Gasteiger partial charge in [-0.25, -0.2) is 8.42 Å². The van der Waals surface area contributed by atoms with Gasteiger partial charge in [0.1, 0.15) is 0 Å². The Kier molecular flexibility index (Phi) is 7.10. The lowest BCUT2D eigenvalue weighted by Gasteiger charge is -2.33. The third-order valence-corrected chi connectivity index (χ3v) is 8.93. The summed E-state index contributed by atoms with van der Waals surface area (Å²) in [5.74, 6) is 0.00114. The Balaban J connectivity index is 1.37. The van der Waals surface area contributed by atoms with Crippen LogP contribution in [0.1, 0.15) is 42.9 Å². The molecule has 178 valence electrons. The van der Waals surface area contributed by atoms with Crippen LogP contribution in [0.4, 0.5) is 5.69 Å². The number of rotatable bonds is 7. The number of piperidine rings is 1. The van der Waals surface area contributed by atoms with Crippen molar-refractivity contribution in [1.29, 1.82) is 0 Å². The second kappa shape index (κ2) is 9.85. The number of anilines is 1. The van der Waals surface area contributed by atoms with Crippen molar-refractivity contribution >= 4 is 21.6 Å². The van der Waals surface area contributed by atoms with Crippen LogP contribution in [-0.4, -0.2) is 57.3 Å².